The Labute approximate surface area is 38.5 Å². The molecule has 1 aliphatic rings. The molecule has 0 saturated heterocycles. The highest BCUT2D eigenvalue weighted by Crippen LogP contribution is 2.35. The zero-order valence-electron chi connectivity index (χ0n) is 4.28. The van der Waals surface area contributed by atoms with Crippen molar-refractivity contribution in [3.8, 4) is 0 Å². The molecule has 0 spiro atoms. The van der Waals surface area contributed by atoms with Crippen LogP contribution in [0.25, 0.3) is 0 Å². The molecule has 1 heteroatoms. The third-order valence-electron chi connectivity index (χ3n) is 1.65. The molecule has 0 aromatic carbocycles. The third kappa shape index (κ3) is 0.548. The minimum absolute atomic E-state index is 0.991. The Balaban J connectivity index is 2.09. The van der Waals surface area contributed by atoms with Crippen LogP contribution >= 0.6 is 0 Å². The fourth-order valence-corrected chi connectivity index (χ4v) is 0.801. The van der Waals surface area contributed by atoms with Gasteiger partial charge in [0, 0.05) is 5.92 Å². The Morgan fingerprint density at radius 3 is 2.33 bits per heavy atom. The van der Waals surface area contributed by atoms with Crippen molar-refractivity contribution in [2.24, 2.45) is 11.8 Å². The van der Waals surface area contributed by atoms with E-state index in [4.69, 9.17) is 0 Å². The van der Waals surface area contributed by atoms with E-state index in [0.717, 1.165) is 18.4 Å². The smallest absolute Gasteiger partial charge is 0.0771 e. The van der Waals surface area contributed by atoms with Gasteiger partial charge >= 0.3 is 0 Å². The van der Waals surface area contributed by atoms with Gasteiger partial charge in [0.1, 0.15) is 0 Å². The van der Waals surface area contributed by atoms with Gasteiger partial charge in [-0.2, -0.15) is 0 Å². The number of rotatable bonds is 1. The molecule has 0 aromatic rings. The van der Waals surface area contributed by atoms with Crippen LogP contribution < -0.4 is 5.73 Å². The number of hydrogen-bond donors (Lipinski definition) is 1. The first kappa shape index (κ1) is 4.13. The Kier molecular flexibility index (Phi) is 0.845. The van der Waals surface area contributed by atoms with Gasteiger partial charge in [0.2, 0.25) is 0 Å². The van der Waals surface area contributed by atoms with Crippen LogP contribution in [-0.2, 0) is 0 Å². The molecule has 0 radical (unpaired) electrons. The highest BCUT2D eigenvalue weighted by atomic mass is 14.6. The summed E-state index contributed by atoms with van der Waals surface area (Å²) in [6, 6.07) is 0. The maximum Gasteiger partial charge on any atom is 0.0771 e. The van der Waals surface area contributed by atoms with Gasteiger partial charge in [-0.1, -0.05) is 6.92 Å². The summed E-state index contributed by atoms with van der Waals surface area (Å²) < 4.78 is 0. The van der Waals surface area contributed by atoms with Gasteiger partial charge in [0.05, 0.1) is 6.54 Å². The topological polar surface area (TPSA) is 27.6 Å². The molecule has 0 amide bonds. The van der Waals surface area contributed by atoms with Crippen molar-refractivity contribution in [1.82, 2.24) is 0 Å². The fraction of sp³-hybridized carbons (Fsp3) is 1.00. The summed E-state index contributed by atoms with van der Waals surface area (Å²) in [7, 11) is 0. The molecule has 2 unspecified atom stereocenters. The normalized spacial score (nSPS) is 43.0. The molecule has 1 nitrogen and oxygen atoms in total. The summed E-state index contributed by atoms with van der Waals surface area (Å²) >= 11 is 0. The van der Waals surface area contributed by atoms with Gasteiger partial charge in [-0.15, -0.1) is 0 Å². The molecule has 1 aliphatic carbocycles. The van der Waals surface area contributed by atoms with Crippen molar-refractivity contribution in [2.75, 3.05) is 6.54 Å². The van der Waals surface area contributed by atoms with E-state index in [1.54, 1.807) is 0 Å². The van der Waals surface area contributed by atoms with Crippen LogP contribution in [0, 0.1) is 11.8 Å². The highest BCUT2D eigenvalue weighted by molar-refractivity contribution is 4.80. The van der Waals surface area contributed by atoms with Crippen molar-refractivity contribution in [1.29, 1.82) is 0 Å². The zero-order chi connectivity index (χ0) is 4.57. The summed E-state index contributed by atoms with van der Waals surface area (Å²) in [6.45, 7) is 3.44. The van der Waals surface area contributed by atoms with Crippen molar-refractivity contribution in [3.05, 3.63) is 0 Å². The zero-order valence-corrected chi connectivity index (χ0v) is 4.28. The van der Waals surface area contributed by atoms with E-state index in [9.17, 15) is 0 Å². The molecule has 3 N–H and O–H groups in total. The van der Waals surface area contributed by atoms with Crippen molar-refractivity contribution in [2.45, 2.75) is 13.3 Å². The van der Waals surface area contributed by atoms with E-state index in [1.165, 1.54) is 6.42 Å². The largest absolute Gasteiger partial charge is 0.357 e. The quantitative estimate of drug-likeness (QED) is 0.461. The van der Waals surface area contributed by atoms with Crippen LogP contribution in [0.15, 0.2) is 0 Å². The van der Waals surface area contributed by atoms with E-state index in [0.29, 0.717) is 0 Å². The summed E-state index contributed by atoms with van der Waals surface area (Å²) in [5.74, 6) is 1.99. The Hall–Kier alpha value is -0.0400. The second-order valence-corrected chi connectivity index (χ2v) is 2.26. The maximum absolute atomic E-state index is 3.80. The number of quaternary nitrogens is 1. The Bertz CT molecular complexity index is 49.9. The second kappa shape index (κ2) is 1.23. The van der Waals surface area contributed by atoms with Crippen LogP contribution in [-0.4, -0.2) is 6.54 Å². The van der Waals surface area contributed by atoms with E-state index in [1.807, 2.05) is 0 Å². The standard InChI is InChI=1S/C5H11N/c1-4-2-5(4)3-6/h4-5H,2-3,6H2,1H3/p+1. The third-order valence-corrected chi connectivity index (χ3v) is 1.65. The molecule has 1 rings (SSSR count). The van der Waals surface area contributed by atoms with Crippen molar-refractivity contribution in [3.63, 3.8) is 0 Å². The molecule has 36 valence electrons. The van der Waals surface area contributed by atoms with E-state index >= 15 is 0 Å². The predicted octanol–water partition coefficient (Wildman–Crippen LogP) is -0.116. The summed E-state index contributed by atoms with van der Waals surface area (Å²) in [4.78, 5) is 0. The van der Waals surface area contributed by atoms with Gasteiger partial charge in [0.25, 0.3) is 0 Å². The maximum atomic E-state index is 3.80. The molecule has 1 fully saturated rings. The van der Waals surface area contributed by atoms with Gasteiger partial charge in [-0.05, 0) is 12.3 Å². The van der Waals surface area contributed by atoms with Gasteiger partial charge in [0.15, 0.2) is 0 Å². The van der Waals surface area contributed by atoms with Crippen LogP contribution in [0.4, 0.5) is 0 Å². The minimum Gasteiger partial charge on any atom is -0.357 e. The lowest BCUT2D eigenvalue weighted by molar-refractivity contribution is -0.373. The van der Waals surface area contributed by atoms with E-state index in [-0.39, 0.29) is 0 Å². The lowest BCUT2D eigenvalue weighted by Crippen LogP contribution is -2.51. The minimum atomic E-state index is 0.991. The van der Waals surface area contributed by atoms with Crippen molar-refractivity contribution >= 4 is 0 Å². The molecular weight excluding hydrogens is 74.1 g/mol. The molecule has 2 atom stereocenters. The summed E-state index contributed by atoms with van der Waals surface area (Å²) in [5, 5.41) is 0. The van der Waals surface area contributed by atoms with Crippen LogP contribution in [0.5, 0.6) is 0 Å². The first-order chi connectivity index (χ1) is 2.84. The van der Waals surface area contributed by atoms with Gasteiger partial charge in [-0.25, -0.2) is 0 Å². The van der Waals surface area contributed by atoms with Crippen molar-refractivity contribution < 1.29 is 5.73 Å². The Morgan fingerprint density at radius 1 is 1.83 bits per heavy atom. The molecule has 0 bridgehead atoms. The first-order valence-corrected chi connectivity index (χ1v) is 2.64. The average molecular weight is 86.2 g/mol. The molecule has 0 heterocycles. The lowest BCUT2D eigenvalue weighted by Gasteiger charge is -1.76. The first-order valence-electron chi connectivity index (χ1n) is 2.64. The second-order valence-electron chi connectivity index (χ2n) is 2.26. The molecular formula is C5H12N+. The lowest BCUT2D eigenvalue weighted by atomic mass is 10.3. The highest BCUT2D eigenvalue weighted by Gasteiger charge is 2.32. The van der Waals surface area contributed by atoms with Crippen LogP contribution in [0.2, 0.25) is 0 Å². The van der Waals surface area contributed by atoms with E-state index < -0.39 is 0 Å². The van der Waals surface area contributed by atoms with E-state index in [2.05, 4.69) is 12.7 Å². The predicted molar refractivity (Wildman–Crippen MR) is 25.0 cm³/mol. The number of hydrogen-bond acceptors (Lipinski definition) is 0. The molecule has 0 aliphatic heterocycles. The Morgan fingerprint density at radius 2 is 2.33 bits per heavy atom. The summed E-state index contributed by atoms with van der Waals surface area (Å²) in [5.41, 5.74) is 3.80. The van der Waals surface area contributed by atoms with Gasteiger partial charge in [-0.3, -0.25) is 0 Å². The van der Waals surface area contributed by atoms with Gasteiger partial charge < -0.3 is 5.73 Å². The fourth-order valence-electron chi connectivity index (χ4n) is 0.801. The molecule has 6 heavy (non-hydrogen) atoms. The SMILES string of the molecule is CC1CC1C[NH3+]. The van der Waals surface area contributed by atoms with Crippen LogP contribution in [0.1, 0.15) is 13.3 Å². The average Bonchev–Trinajstić information content (AvgIpc) is 2.19. The monoisotopic (exact) mass is 86.1 g/mol. The summed E-state index contributed by atoms with van der Waals surface area (Å²) in [6.07, 6.45) is 1.43. The molecule has 0 aromatic heterocycles. The van der Waals surface area contributed by atoms with Crippen LogP contribution in [0.3, 0.4) is 0 Å². The molecule has 1 saturated carbocycles.